The van der Waals surface area contributed by atoms with Gasteiger partial charge in [-0.1, -0.05) is 29.8 Å². The third kappa shape index (κ3) is 11.8. The maximum atomic E-state index is 14.7. The van der Waals surface area contributed by atoms with Crippen molar-refractivity contribution in [3.8, 4) is 67.8 Å². The van der Waals surface area contributed by atoms with E-state index in [4.69, 9.17) is 39.2 Å². The Hall–Kier alpha value is -10.0. The van der Waals surface area contributed by atoms with Crippen molar-refractivity contribution < 1.29 is 71.6 Å². The van der Waals surface area contributed by atoms with Crippen LogP contribution in [0, 0.1) is 23.3 Å². The van der Waals surface area contributed by atoms with Gasteiger partial charge in [-0.15, -0.1) is 0 Å². The molecule has 18 nitrogen and oxygen atoms in total. The predicted octanol–water partition coefficient (Wildman–Crippen LogP) is 14.5. The fraction of sp³-hybridized carbons (Fsp3) is 0.194. The lowest BCUT2D eigenvalue weighted by molar-refractivity contribution is 0.00578. The van der Waals surface area contributed by atoms with Crippen molar-refractivity contribution >= 4 is 111 Å². The summed E-state index contributed by atoms with van der Waals surface area (Å²) in [6, 6.07) is 42.1. The number of sulfonamides is 2. The van der Waals surface area contributed by atoms with Crippen LogP contribution in [0.1, 0.15) is 48.4 Å². The molecular weight excluding hydrogens is 1330 g/mol. The molecule has 0 atom stereocenters. The van der Waals surface area contributed by atoms with Crippen LogP contribution >= 0.6 is 11.6 Å². The molecule has 1 saturated heterocycles. The Morgan fingerprint density at radius 2 is 0.949 bits per heavy atom. The number of hydrogen-bond donors (Lipinski definition) is 2. The van der Waals surface area contributed by atoms with E-state index in [9.17, 15) is 44.0 Å². The zero-order valence-electron chi connectivity index (χ0n) is 54.4. The van der Waals surface area contributed by atoms with Crippen molar-refractivity contribution in [2.24, 2.45) is 0 Å². The quantitative estimate of drug-likeness (QED) is 0.0969. The number of hydrogen-bond acceptors (Lipinski definition) is 12. The average Bonchev–Trinajstić information content (AvgIpc) is 1.57. The number of carbonyl (C=O) groups excluding carboxylic acids is 2. The highest BCUT2D eigenvalue weighted by molar-refractivity contribution is 7.92. The third-order valence-electron chi connectivity index (χ3n) is 18.2. The molecule has 2 amide bonds. The lowest BCUT2D eigenvalue weighted by Crippen LogP contribution is -2.41. The number of nitrogens with one attached hydrogen (secondary N) is 2. The zero-order chi connectivity index (χ0) is 69.8. The van der Waals surface area contributed by atoms with E-state index in [1.807, 2.05) is 73.2 Å². The first kappa shape index (κ1) is 66.6. The summed E-state index contributed by atoms with van der Waals surface area (Å²) < 4.78 is 149. The van der Waals surface area contributed by atoms with E-state index in [2.05, 4.69) is 10.6 Å². The number of halogens is 5. The van der Waals surface area contributed by atoms with E-state index in [1.54, 1.807) is 60.7 Å². The summed E-state index contributed by atoms with van der Waals surface area (Å²) in [6.07, 6.45) is 2.18. The van der Waals surface area contributed by atoms with Crippen LogP contribution < -0.4 is 34.2 Å². The maximum Gasteiger partial charge on any atom is 0.497 e. The van der Waals surface area contributed by atoms with Gasteiger partial charge in [-0.2, -0.15) is 0 Å². The molecule has 3 aliphatic heterocycles. The molecule has 1 fully saturated rings. The molecule has 98 heavy (non-hydrogen) atoms. The second-order valence-electron chi connectivity index (χ2n) is 24.8. The van der Waals surface area contributed by atoms with Crippen LogP contribution in [0.15, 0.2) is 167 Å². The molecule has 2 N–H and O–H groups in total. The number of rotatable bonds is 10. The van der Waals surface area contributed by atoms with Gasteiger partial charge in [0.25, 0.3) is 11.8 Å². The molecule has 4 aromatic heterocycles. The molecular formula is C72H62BClF4N6O12S2. The number of furan rings is 2. The lowest BCUT2D eigenvalue weighted by atomic mass is 9.77. The third-order valence-corrected chi connectivity index (χ3v) is 20.8. The van der Waals surface area contributed by atoms with Gasteiger partial charge in [0.2, 0.25) is 20.0 Å². The highest BCUT2D eigenvalue weighted by Crippen LogP contribution is 2.47. The van der Waals surface area contributed by atoms with E-state index < -0.39 is 61.8 Å². The normalized spacial score (nSPS) is 14.3. The van der Waals surface area contributed by atoms with Crippen molar-refractivity contribution in [1.29, 1.82) is 0 Å². The van der Waals surface area contributed by atoms with Crippen LogP contribution in [0.4, 0.5) is 28.9 Å². The molecule has 12 aromatic rings. The van der Waals surface area contributed by atoms with E-state index in [0.29, 0.717) is 89.2 Å². The van der Waals surface area contributed by atoms with Gasteiger partial charge in [-0.3, -0.25) is 18.2 Å². The fourth-order valence-corrected chi connectivity index (χ4v) is 13.4. The van der Waals surface area contributed by atoms with Gasteiger partial charge in [-0.25, -0.2) is 34.4 Å². The summed E-state index contributed by atoms with van der Waals surface area (Å²) in [7, 11) is -2.43. The zero-order valence-corrected chi connectivity index (χ0v) is 56.8. The Bertz CT molecular complexity index is 5490. The minimum Gasteiger partial charge on any atom is -0.472 e. The molecule has 502 valence electrons. The Morgan fingerprint density at radius 3 is 1.42 bits per heavy atom. The molecule has 0 saturated carbocycles. The Morgan fingerprint density at radius 1 is 0.520 bits per heavy atom. The lowest BCUT2D eigenvalue weighted by Gasteiger charge is -2.32. The first-order valence-corrected chi connectivity index (χ1v) is 34.7. The molecule has 15 rings (SSSR count). The molecule has 7 heterocycles. The van der Waals surface area contributed by atoms with Crippen LogP contribution in [0.5, 0.6) is 11.5 Å². The summed E-state index contributed by atoms with van der Waals surface area (Å²) in [6.45, 7) is 8.17. The smallest absolute Gasteiger partial charge is 0.472 e. The molecule has 0 unspecified atom stereocenters. The monoisotopic (exact) mass is 1390 g/mol. The van der Waals surface area contributed by atoms with Gasteiger partial charge >= 0.3 is 7.12 Å². The molecule has 0 bridgehead atoms. The van der Waals surface area contributed by atoms with Crippen LogP contribution in [0.3, 0.4) is 0 Å². The van der Waals surface area contributed by atoms with Gasteiger partial charge in [-0.05, 0) is 161 Å². The summed E-state index contributed by atoms with van der Waals surface area (Å²) in [5.74, 6) is -0.442. The number of anilines is 2. The summed E-state index contributed by atoms with van der Waals surface area (Å²) in [5.41, 5.74) is 7.62. The van der Waals surface area contributed by atoms with Crippen molar-refractivity contribution in [3.05, 3.63) is 197 Å². The first-order valence-electron chi connectivity index (χ1n) is 30.6. The predicted molar refractivity (Wildman–Crippen MR) is 372 cm³/mol. The number of fused-ring (bicyclic) bond motifs is 12. The van der Waals surface area contributed by atoms with E-state index >= 15 is 0 Å². The second kappa shape index (κ2) is 24.8. The highest BCUT2D eigenvalue weighted by Gasteiger charge is 2.53. The topological polar surface area (TPSA) is 206 Å². The van der Waals surface area contributed by atoms with Gasteiger partial charge in [0, 0.05) is 100 Å². The second-order valence-corrected chi connectivity index (χ2v) is 29.2. The maximum absolute atomic E-state index is 14.7. The molecule has 0 spiro atoms. The summed E-state index contributed by atoms with van der Waals surface area (Å²) >= 11 is 6.03. The van der Waals surface area contributed by atoms with E-state index in [1.165, 1.54) is 88.9 Å². The van der Waals surface area contributed by atoms with Crippen molar-refractivity contribution in [3.63, 3.8) is 0 Å². The number of amides is 2. The number of carbonyl (C=O) groups is 2. The number of ether oxygens (including phenoxy) is 2. The van der Waals surface area contributed by atoms with E-state index in [0.717, 1.165) is 49.3 Å². The number of aromatic nitrogens is 2. The minimum absolute atomic E-state index is 0.208. The highest BCUT2D eigenvalue weighted by atomic mass is 35.5. The Labute approximate surface area is 566 Å². The standard InChI is InChI=1S/C33H25F2N3O5S.C24H28BFN2O6S.C15H9ClFNO/c1-36-33(39)31-24-14-21(27(37(2)44(3,40)41)16-30(24)43-32(31)18-7-10-20(34)11-8-18)19-9-12-29-23(13-19)28-15-22-25(35)5-4-6-26(22)38(28)17-42-29;1-23(2)24(3,4)34-25(33-23)17-12-16-19(13-18(17)28(6)35(7,30)31)32-21(20(16)22(29)27-5)14-8-10-15(26)11-9-14;16-9-4-5-15-11(6-9)14-7-10-12(17)2-1-3-13(10)18(14)8-19-15/h4-16H,17H2,1-3H3,(H,36,39);8-13H,1-7H3,(H,27,29);1-7H,8H2. The molecule has 8 aromatic carbocycles. The van der Waals surface area contributed by atoms with Crippen LogP contribution in [-0.4, -0.2) is 96.8 Å². The van der Waals surface area contributed by atoms with Gasteiger partial charge in [0.1, 0.15) is 57.5 Å². The number of nitrogens with zero attached hydrogens (tertiary/aromatic N) is 4. The van der Waals surface area contributed by atoms with Crippen molar-refractivity contribution in [1.82, 2.24) is 19.8 Å². The van der Waals surface area contributed by atoms with Crippen LogP contribution in [0.2, 0.25) is 5.02 Å². The van der Waals surface area contributed by atoms with Gasteiger partial charge in [0.05, 0.1) is 68.6 Å². The Kier molecular flexibility index (Phi) is 16.8. The summed E-state index contributed by atoms with van der Waals surface area (Å²) in [4.78, 5) is 26.2. The first-order chi connectivity index (χ1) is 46.4. The molecule has 0 radical (unpaired) electrons. The molecule has 3 aliphatic rings. The van der Waals surface area contributed by atoms with E-state index in [-0.39, 0.29) is 52.2 Å². The van der Waals surface area contributed by atoms with Gasteiger partial charge in [0.15, 0.2) is 13.5 Å². The minimum atomic E-state index is -3.72. The van der Waals surface area contributed by atoms with Crippen LogP contribution in [0.25, 0.3) is 100 Å². The Balaban J connectivity index is 0.000000142. The van der Waals surface area contributed by atoms with Crippen molar-refractivity contribution in [2.75, 3.05) is 49.3 Å². The fourth-order valence-electron chi connectivity index (χ4n) is 12.2. The average molecular weight is 1390 g/mol. The molecule has 0 aliphatic carbocycles. The van der Waals surface area contributed by atoms with Crippen LogP contribution in [-0.2, 0) is 42.8 Å². The summed E-state index contributed by atoms with van der Waals surface area (Å²) in [5, 5.41) is 7.85. The number of benzene rings is 8. The molecule has 26 heteroatoms. The van der Waals surface area contributed by atoms with Gasteiger partial charge < -0.3 is 47.4 Å². The largest absolute Gasteiger partial charge is 0.497 e. The van der Waals surface area contributed by atoms with Crippen molar-refractivity contribution in [2.45, 2.75) is 52.4 Å². The SMILES string of the molecule is CNC(=O)c1c(-c2ccc(F)cc2)oc2cc(N(C)S(C)(=O)=O)c(-c3ccc4c(c3)-c3cc5c(F)cccc5n3CO4)cc12.CNC(=O)c1c(-c2ccc(F)cc2)oc2cc(N(C)S(C)(=O)=O)c(B3OC(C)(C)C(C)(C)O3)cc12.Fc1cccc2c1cc1n2COc2ccc(Cl)cc2-1.